The summed E-state index contributed by atoms with van der Waals surface area (Å²) in [4.78, 5) is 4.90. The van der Waals surface area contributed by atoms with Crippen LogP contribution in [0.1, 0.15) is 32.3 Å². The first-order valence-electron chi connectivity index (χ1n) is 8.06. The van der Waals surface area contributed by atoms with Crippen molar-refractivity contribution in [2.45, 2.75) is 44.7 Å². The fraction of sp³-hybridized carbons (Fsp3) is 0.647. The van der Waals surface area contributed by atoms with Gasteiger partial charge < -0.3 is 15.5 Å². The number of anilines is 1. The van der Waals surface area contributed by atoms with Crippen molar-refractivity contribution in [1.29, 1.82) is 0 Å². The van der Waals surface area contributed by atoms with Crippen molar-refractivity contribution in [2.24, 2.45) is 5.73 Å². The number of likely N-dealkylation sites (tertiary alicyclic amines) is 1. The molecule has 2 N–H and O–H groups in total. The molecule has 1 aromatic carbocycles. The molecule has 116 valence electrons. The first-order valence-corrected chi connectivity index (χ1v) is 8.06. The molecule has 0 amide bonds. The van der Waals surface area contributed by atoms with Gasteiger partial charge >= 0.3 is 0 Å². The number of nitrogens with two attached hydrogens (primary N) is 1. The van der Waals surface area contributed by atoms with Crippen molar-refractivity contribution in [3.05, 3.63) is 29.6 Å². The molecule has 2 aliphatic heterocycles. The van der Waals surface area contributed by atoms with Gasteiger partial charge in [-0.1, -0.05) is 6.07 Å². The van der Waals surface area contributed by atoms with Crippen LogP contribution in [0, 0.1) is 5.82 Å². The highest BCUT2D eigenvalue weighted by atomic mass is 19.1. The summed E-state index contributed by atoms with van der Waals surface area (Å²) in [6.45, 7) is 8.27. The number of benzene rings is 1. The summed E-state index contributed by atoms with van der Waals surface area (Å²) < 4.78 is 13.6. The van der Waals surface area contributed by atoms with Crippen molar-refractivity contribution in [2.75, 3.05) is 31.1 Å². The molecule has 4 heteroatoms. The van der Waals surface area contributed by atoms with E-state index in [1.54, 1.807) is 12.1 Å². The molecule has 1 saturated heterocycles. The standard InChI is InChI=1S/C17H26FN3/c1-13(2)20-9-6-17(12-19,7-10-20)21-8-5-14-3-4-15(18)11-16(14)21/h3-4,11,13H,5-10,12,19H2,1-2H3. The van der Waals surface area contributed by atoms with Crippen LogP contribution in [0.2, 0.25) is 0 Å². The number of nitrogens with zero attached hydrogens (tertiary/aromatic N) is 2. The second-order valence-electron chi connectivity index (χ2n) is 6.73. The third-order valence-corrected chi connectivity index (χ3v) is 5.35. The maximum Gasteiger partial charge on any atom is 0.125 e. The summed E-state index contributed by atoms with van der Waals surface area (Å²) in [6, 6.07) is 5.77. The third-order valence-electron chi connectivity index (χ3n) is 5.35. The quantitative estimate of drug-likeness (QED) is 0.928. The van der Waals surface area contributed by atoms with Crippen LogP contribution >= 0.6 is 0 Å². The molecule has 2 heterocycles. The van der Waals surface area contributed by atoms with Crippen LogP contribution in [0.3, 0.4) is 0 Å². The molecule has 3 rings (SSSR count). The lowest BCUT2D eigenvalue weighted by atomic mass is 9.85. The van der Waals surface area contributed by atoms with Crippen molar-refractivity contribution < 1.29 is 4.39 Å². The average Bonchev–Trinajstić information content (AvgIpc) is 2.90. The van der Waals surface area contributed by atoms with Crippen molar-refractivity contribution >= 4 is 5.69 Å². The third kappa shape index (κ3) is 2.55. The van der Waals surface area contributed by atoms with E-state index in [9.17, 15) is 4.39 Å². The zero-order valence-electron chi connectivity index (χ0n) is 13.1. The highest BCUT2D eigenvalue weighted by molar-refractivity contribution is 5.60. The van der Waals surface area contributed by atoms with Crippen molar-refractivity contribution in [1.82, 2.24) is 4.90 Å². The fourth-order valence-electron chi connectivity index (χ4n) is 3.89. The maximum atomic E-state index is 13.6. The molecule has 0 spiro atoms. The van der Waals surface area contributed by atoms with E-state index in [-0.39, 0.29) is 11.4 Å². The molecule has 1 fully saturated rings. The van der Waals surface area contributed by atoms with Crippen LogP contribution in [0.15, 0.2) is 18.2 Å². The van der Waals surface area contributed by atoms with E-state index in [0.717, 1.165) is 44.6 Å². The summed E-state index contributed by atoms with van der Waals surface area (Å²) in [5, 5.41) is 0. The van der Waals surface area contributed by atoms with Gasteiger partial charge in [0.2, 0.25) is 0 Å². The van der Waals surface area contributed by atoms with Crippen molar-refractivity contribution in [3.63, 3.8) is 0 Å². The SMILES string of the molecule is CC(C)N1CCC(CN)(N2CCc3ccc(F)cc32)CC1. The van der Waals surface area contributed by atoms with Gasteiger partial charge in [-0.05, 0) is 50.8 Å². The van der Waals surface area contributed by atoms with Gasteiger partial charge in [0.05, 0.1) is 5.54 Å². The van der Waals surface area contributed by atoms with E-state index in [1.165, 1.54) is 5.56 Å². The van der Waals surface area contributed by atoms with Gasteiger partial charge in [0.15, 0.2) is 0 Å². The van der Waals surface area contributed by atoms with Crippen LogP contribution in [-0.2, 0) is 6.42 Å². The minimum atomic E-state index is -0.146. The Labute approximate surface area is 126 Å². The van der Waals surface area contributed by atoms with Gasteiger partial charge in [-0.15, -0.1) is 0 Å². The summed E-state index contributed by atoms with van der Waals surface area (Å²) in [7, 11) is 0. The van der Waals surface area contributed by atoms with Gasteiger partial charge in [0, 0.05) is 37.9 Å². The van der Waals surface area contributed by atoms with Crippen LogP contribution in [-0.4, -0.2) is 42.7 Å². The van der Waals surface area contributed by atoms with E-state index in [1.807, 2.05) is 6.07 Å². The first kappa shape index (κ1) is 14.8. The molecule has 0 atom stereocenters. The predicted molar refractivity (Wildman–Crippen MR) is 85.2 cm³/mol. The van der Waals surface area contributed by atoms with E-state index in [4.69, 9.17) is 5.73 Å². The normalized spacial score (nSPS) is 21.9. The molecular formula is C17H26FN3. The van der Waals surface area contributed by atoms with E-state index in [2.05, 4.69) is 23.6 Å². The Hall–Kier alpha value is -1.13. The average molecular weight is 291 g/mol. The first-order chi connectivity index (χ1) is 10.1. The Morgan fingerprint density at radius 3 is 2.57 bits per heavy atom. The summed E-state index contributed by atoms with van der Waals surface area (Å²) in [6.07, 6.45) is 3.14. The second kappa shape index (κ2) is 5.58. The number of halogens is 1. The number of hydrogen-bond acceptors (Lipinski definition) is 3. The van der Waals surface area contributed by atoms with E-state index >= 15 is 0 Å². The summed E-state index contributed by atoms with van der Waals surface area (Å²) in [5.41, 5.74) is 8.51. The zero-order chi connectivity index (χ0) is 15.0. The van der Waals surface area contributed by atoms with Crippen LogP contribution in [0.5, 0.6) is 0 Å². The fourth-order valence-corrected chi connectivity index (χ4v) is 3.89. The van der Waals surface area contributed by atoms with Gasteiger partial charge in [-0.25, -0.2) is 4.39 Å². The van der Waals surface area contributed by atoms with E-state index < -0.39 is 0 Å². The number of piperidine rings is 1. The summed E-state index contributed by atoms with van der Waals surface area (Å²) >= 11 is 0. The van der Waals surface area contributed by atoms with Gasteiger partial charge in [-0.3, -0.25) is 0 Å². The molecule has 0 radical (unpaired) electrons. The lowest BCUT2D eigenvalue weighted by molar-refractivity contribution is 0.130. The maximum absolute atomic E-state index is 13.6. The molecular weight excluding hydrogens is 265 g/mol. The number of hydrogen-bond donors (Lipinski definition) is 1. The predicted octanol–water partition coefficient (Wildman–Crippen LogP) is 2.39. The zero-order valence-corrected chi connectivity index (χ0v) is 13.1. The Morgan fingerprint density at radius 2 is 1.95 bits per heavy atom. The number of fused-ring (bicyclic) bond motifs is 1. The van der Waals surface area contributed by atoms with Crippen LogP contribution in [0.25, 0.3) is 0 Å². The lowest BCUT2D eigenvalue weighted by Crippen LogP contribution is -2.60. The molecule has 0 saturated carbocycles. The Kier molecular flexibility index (Phi) is 3.93. The monoisotopic (exact) mass is 291 g/mol. The highest BCUT2D eigenvalue weighted by Gasteiger charge is 2.41. The lowest BCUT2D eigenvalue weighted by Gasteiger charge is -2.49. The molecule has 0 aliphatic carbocycles. The molecule has 3 nitrogen and oxygen atoms in total. The van der Waals surface area contributed by atoms with E-state index in [0.29, 0.717) is 12.6 Å². The molecule has 21 heavy (non-hydrogen) atoms. The minimum absolute atomic E-state index is 0.00440. The largest absolute Gasteiger partial charge is 0.364 e. The minimum Gasteiger partial charge on any atom is -0.364 e. The Morgan fingerprint density at radius 1 is 1.24 bits per heavy atom. The highest BCUT2D eigenvalue weighted by Crippen LogP contribution is 2.39. The Balaban J connectivity index is 1.85. The molecule has 0 aromatic heterocycles. The van der Waals surface area contributed by atoms with Crippen LogP contribution in [0.4, 0.5) is 10.1 Å². The molecule has 2 aliphatic rings. The van der Waals surface area contributed by atoms with Crippen molar-refractivity contribution in [3.8, 4) is 0 Å². The van der Waals surface area contributed by atoms with Crippen LogP contribution < -0.4 is 10.6 Å². The number of rotatable bonds is 3. The second-order valence-corrected chi connectivity index (χ2v) is 6.73. The Bertz CT molecular complexity index is 507. The molecule has 0 bridgehead atoms. The van der Waals surface area contributed by atoms with Gasteiger partial charge in [-0.2, -0.15) is 0 Å². The smallest absolute Gasteiger partial charge is 0.125 e. The molecule has 0 unspecified atom stereocenters. The van der Waals surface area contributed by atoms with Gasteiger partial charge in [0.1, 0.15) is 5.82 Å². The van der Waals surface area contributed by atoms with Gasteiger partial charge in [0.25, 0.3) is 0 Å². The topological polar surface area (TPSA) is 32.5 Å². The summed E-state index contributed by atoms with van der Waals surface area (Å²) in [5.74, 6) is -0.146. The molecule has 1 aromatic rings.